The van der Waals surface area contributed by atoms with Gasteiger partial charge in [0.1, 0.15) is 0 Å². The summed E-state index contributed by atoms with van der Waals surface area (Å²) in [5.74, 6) is 0. The SMILES string of the molecule is C.C.C1CCN([S+](N2CCCCC2)N2CCCCC2)CC1.C1CCNCC1.O=S(N1CCCCC1)N1CCCCC1.[OH-]. The highest BCUT2D eigenvalue weighted by Gasteiger charge is 2.44. The van der Waals surface area contributed by atoms with E-state index in [4.69, 9.17) is 0 Å². The molecule has 0 spiro atoms. The van der Waals surface area contributed by atoms with Gasteiger partial charge < -0.3 is 10.8 Å². The molecule has 6 saturated heterocycles. The first-order valence-electron chi connectivity index (χ1n) is 16.9. The molecule has 10 heteroatoms. The van der Waals surface area contributed by atoms with Crippen molar-refractivity contribution >= 4 is 22.6 Å². The lowest BCUT2D eigenvalue weighted by atomic mass is 10.2. The molecule has 0 atom stereocenters. The van der Waals surface area contributed by atoms with Gasteiger partial charge in [-0.15, -0.1) is 0 Å². The summed E-state index contributed by atoms with van der Waals surface area (Å²) in [6.07, 6.45) is 24.6. The number of piperidine rings is 6. The van der Waals surface area contributed by atoms with Crippen LogP contribution in [0.2, 0.25) is 0 Å². The number of nitrogens with zero attached hydrogens (tertiary/aromatic N) is 5. The van der Waals surface area contributed by atoms with E-state index in [2.05, 4.69) is 26.8 Å². The molecule has 0 aromatic carbocycles. The summed E-state index contributed by atoms with van der Waals surface area (Å²) >= 11 is -0.510. The fraction of sp³-hybridized carbons (Fsp3) is 1.00. The quantitative estimate of drug-likeness (QED) is 0.363. The van der Waals surface area contributed by atoms with Crippen LogP contribution in [0.1, 0.15) is 130 Å². The van der Waals surface area contributed by atoms with E-state index in [0.29, 0.717) is 11.5 Å². The van der Waals surface area contributed by atoms with E-state index in [0.717, 1.165) is 26.2 Å². The second-order valence-corrected chi connectivity index (χ2v) is 15.8. The Morgan fingerprint density at radius 1 is 0.405 bits per heavy atom. The van der Waals surface area contributed by atoms with Gasteiger partial charge in [-0.05, 0) is 90.1 Å². The highest BCUT2D eigenvalue weighted by molar-refractivity contribution is 7.90. The summed E-state index contributed by atoms with van der Waals surface area (Å²) in [5, 5.41) is 3.28. The summed E-state index contributed by atoms with van der Waals surface area (Å²) < 4.78 is 24.9. The van der Waals surface area contributed by atoms with Gasteiger partial charge in [0.15, 0.2) is 11.2 Å². The monoisotopic (exact) mass is 635 g/mol. The van der Waals surface area contributed by atoms with Gasteiger partial charge in [0, 0.05) is 65.4 Å². The van der Waals surface area contributed by atoms with Crippen molar-refractivity contribution in [2.24, 2.45) is 0 Å². The van der Waals surface area contributed by atoms with Crippen molar-refractivity contribution in [3.8, 4) is 0 Å². The van der Waals surface area contributed by atoms with Crippen molar-refractivity contribution in [3.05, 3.63) is 0 Å². The summed E-state index contributed by atoms with van der Waals surface area (Å²) in [5.41, 5.74) is 0. The van der Waals surface area contributed by atoms with Gasteiger partial charge in [0.05, 0.1) is 0 Å². The third-order valence-electron chi connectivity index (χ3n) is 8.92. The Morgan fingerprint density at radius 3 is 0.905 bits per heavy atom. The van der Waals surface area contributed by atoms with Gasteiger partial charge in [-0.3, -0.25) is 0 Å². The maximum atomic E-state index is 12.1. The molecule has 0 saturated carbocycles. The Morgan fingerprint density at radius 2 is 0.667 bits per heavy atom. The van der Waals surface area contributed by atoms with Crippen LogP contribution < -0.4 is 5.32 Å². The van der Waals surface area contributed by atoms with Crippen molar-refractivity contribution in [1.82, 2.24) is 26.8 Å². The summed E-state index contributed by atoms with van der Waals surface area (Å²) in [7, 11) is 0. The molecule has 0 bridgehead atoms. The van der Waals surface area contributed by atoms with Crippen LogP contribution >= 0.6 is 0 Å². The first-order chi connectivity index (χ1) is 19.3. The molecule has 6 aliphatic rings. The Hall–Kier alpha value is 0.220. The Balaban J connectivity index is 0.000000339. The fourth-order valence-electron chi connectivity index (χ4n) is 6.58. The average molecular weight is 635 g/mol. The average Bonchev–Trinajstić information content (AvgIpc) is 3.05. The zero-order valence-electron chi connectivity index (χ0n) is 25.6. The largest absolute Gasteiger partial charge is 0.870 e. The third-order valence-corrected chi connectivity index (χ3v) is 13.0. The standard InChI is InChI=1S/C15H30N3S.C10H20N2OS.C5H11N.2CH4.H2O/c1-4-10-16(11-5-1)19(17-12-6-2-7-13-17)18-14-8-3-9-15-18;13-14(11-7-3-1-4-8-11)12-9-5-2-6-10-12;1-2-4-6-5-3-1;;;/h1-15H2;1-10H2;6H,1-5H2;2*1H4;1H2/q+1;;;;;/p-1. The molecule has 0 aromatic heterocycles. The molecule has 8 nitrogen and oxygen atoms in total. The topological polar surface area (TPSA) is 75.3 Å². The van der Waals surface area contributed by atoms with Crippen LogP contribution in [0, 0.1) is 0 Å². The highest BCUT2D eigenvalue weighted by Crippen LogP contribution is 2.27. The van der Waals surface area contributed by atoms with Gasteiger partial charge in [-0.1, -0.05) is 66.3 Å². The lowest BCUT2D eigenvalue weighted by Gasteiger charge is -2.37. The third kappa shape index (κ3) is 14.1. The number of hydrogen-bond acceptors (Lipinski definition) is 6. The minimum absolute atomic E-state index is 0. The van der Waals surface area contributed by atoms with Gasteiger partial charge in [-0.25, -0.2) is 12.8 Å². The number of hydrogen-bond donors (Lipinski definition) is 1. The molecule has 2 N–H and O–H groups in total. The van der Waals surface area contributed by atoms with Crippen molar-refractivity contribution in [2.75, 3.05) is 78.5 Å². The maximum absolute atomic E-state index is 12.1. The molecular weight excluding hydrogens is 565 g/mol. The number of nitrogens with one attached hydrogen (secondary N) is 1. The predicted molar refractivity (Wildman–Crippen MR) is 185 cm³/mol. The molecule has 42 heavy (non-hydrogen) atoms. The van der Waals surface area contributed by atoms with E-state index in [1.165, 1.54) is 168 Å². The molecule has 0 aromatic rings. The van der Waals surface area contributed by atoms with Crippen LogP contribution in [0.3, 0.4) is 0 Å². The Kier molecular flexibility index (Phi) is 23.4. The van der Waals surface area contributed by atoms with Crippen molar-refractivity contribution in [1.29, 1.82) is 0 Å². The molecule has 0 radical (unpaired) electrons. The van der Waals surface area contributed by atoms with Crippen LogP contribution in [-0.2, 0) is 22.6 Å². The van der Waals surface area contributed by atoms with Crippen LogP contribution in [0.25, 0.3) is 0 Å². The van der Waals surface area contributed by atoms with Gasteiger partial charge in [0.25, 0.3) is 11.5 Å². The molecule has 6 aliphatic heterocycles. The van der Waals surface area contributed by atoms with E-state index in [1.807, 2.05) is 0 Å². The highest BCUT2D eigenvalue weighted by atomic mass is 32.2. The van der Waals surface area contributed by atoms with E-state index in [-0.39, 0.29) is 20.3 Å². The normalized spacial score (nSPS) is 25.5. The number of rotatable bonds is 5. The van der Waals surface area contributed by atoms with Crippen molar-refractivity contribution < 1.29 is 9.69 Å². The molecule has 0 unspecified atom stereocenters. The molecule has 6 heterocycles. The molecular formula is C32H70N6O2S2. The van der Waals surface area contributed by atoms with Gasteiger partial charge in [0.2, 0.25) is 0 Å². The molecule has 6 rings (SSSR count). The van der Waals surface area contributed by atoms with Crippen molar-refractivity contribution in [2.45, 2.75) is 130 Å². The second kappa shape index (κ2) is 24.5. The molecule has 252 valence electrons. The Labute approximate surface area is 267 Å². The van der Waals surface area contributed by atoms with E-state index in [1.54, 1.807) is 0 Å². The molecule has 0 aliphatic carbocycles. The predicted octanol–water partition coefficient (Wildman–Crippen LogP) is 6.20. The first kappa shape index (κ1) is 40.2. The fourth-order valence-corrected chi connectivity index (χ4v) is 10.8. The van der Waals surface area contributed by atoms with E-state index >= 15 is 0 Å². The second-order valence-electron chi connectivity index (χ2n) is 12.2. The lowest BCUT2D eigenvalue weighted by molar-refractivity contribution is 0.268. The van der Waals surface area contributed by atoms with Crippen LogP contribution in [0.5, 0.6) is 0 Å². The summed E-state index contributed by atoms with van der Waals surface area (Å²) in [4.78, 5) is 0. The summed E-state index contributed by atoms with van der Waals surface area (Å²) in [6, 6.07) is 0. The molecule has 6 fully saturated rings. The van der Waals surface area contributed by atoms with Crippen LogP contribution in [0.4, 0.5) is 0 Å². The van der Waals surface area contributed by atoms with Crippen LogP contribution in [-0.4, -0.2) is 110 Å². The van der Waals surface area contributed by atoms with Crippen LogP contribution in [0.15, 0.2) is 0 Å². The van der Waals surface area contributed by atoms with Gasteiger partial charge in [-0.2, -0.15) is 0 Å². The van der Waals surface area contributed by atoms with Gasteiger partial charge >= 0.3 is 0 Å². The summed E-state index contributed by atoms with van der Waals surface area (Å²) in [6.45, 7) is 14.7. The zero-order valence-corrected chi connectivity index (χ0v) is 27.3. The van der Waals surface area contributed by atoms with E-state index < -0.39 is 11.2 Å². The first-order valence-corrected chi connectivity index (χ1v) is 19.1. The minimum atomic E-state index is -0.826. The minimum Gasteiger partial charge on any atom is -0.870 e. The molecule has 0 amide bonds. The maximum Gasteiger partial charge on any atom is 0.268 e. The van der Waals surface area contributed by atoms with E-state index in [9.17, 15) is 4.21 Å². The smallest absolute Gasteiger partial charge is 0.268 e. The zero-order chi connectivity index (χ0) is 27.0. The Bertz CT molecular complexity index is 571. The van der Waals surface area contributed by atoms with Crippen molar-refractivity contribution in [3.63, 3.8) is 0 Å². The lowest BCUT2D eigenvalue weighted by Crippen LogP contribution is -2.56.